The molecule has 5 nitrogen and oxygen atoms in total. The van der Waals surface area contributed by atoms with Gasteiger partial charge in [-0.15, -0.1) is 0 Å². The van der Waals surface area contributed by atoms with Crippen molar-refractivity contribution in [2.45, 2.75) is 33.0 Å². The third-order valence-corrected chi connectivity index (χ3v) is 3.95. The first-order valence-corrected chi connectivity index (χ1v) is 8.35. The van der Waals surface area contributed by atoms with Gasteiger partial charge in [-0.1, -0.05) is 12.1 Å². The maximum atomic E-state index is 11.3. The van der Waals surface area contributed by atoms with Gasteiger partial charge in [-0.25, -0.2) is 0 Å². The Labute approximate surface area is 138 Å². The van der Waals surface area contributed by atoms with Crippen molar-refractivity contribution in [2.24, 2.45) is 0 Å². The van der Waals surface area contributed by atoms with Crippen LogP contribution < -0.4 is 9.64 Å². The van der Waals surface area contributed by atoms with Crippen molar-refractivity contribution < 1.29 is 23.9 Å². The van der Waals surface area contributed by atoms with Gasteiger partial charge in [-0.2, -0.15) is 0 Å². The van der Waals surface area contributed by atoms with Gasteiger partial charge in [0.1, 0.15) is 44.2 Å². The van der Waals surface area contributed by atoms with Crippen molar-refractivity contribution in [2.75, 3.05) is 39.5 Å². The molecule has 1 aliphatic rings. The fourth-order valence-corrected chi connectivity index (χ4v) is 2.94. The highest BCUT2D eigenvalue weighted by Crippen LogP contribution is 2.13. The lowest BCUT2D eigenvalue weighted by molar-refractivity contribution is -0.915. The highest BCUT2D eigenvalue weighted by molar-refractivity contribution is 5.94. The summed E-state index contributed by atoms with van der Waals surface area (Å²) < 4.78 is 17.0. The number of hydrogen-bond donors (Lipinski definition) is 1. The number of carbonyl (C=O) groups is 1. The molecule has 0 spiro atoms. The van der Waals surface area contributed by atoms with E-state index in [0.717, 1.165) is 26.2 Å². The van der Waals surface area contributed by atoms with Crippen LogP contribution in [-0.4, -0.2) is 57.4 Å². The van der Waals surface area contributed by atoms with E-state index in [0.29, 0.717) is 36.7 Å². The molecule has 1 unspecified atom stereocenters. The first-order chi connectivity index (χ1) is 11.0. The fraction of sp³-hybridized carbons (Fsp3) is 0.611. The molecule has 1 aromatic carbocycles. The zero-order chi connectivity index (χ0) is 16.7. The normalized spacial score (nSPS) is 24.4. The minimum absolute atomic E-state index is 0.0450. The Balaban J connectivity index is 1.59. The molecule has 0 amide bonds. The number of morpholine rings is 1. The van der Waals surface area contributed by atoms with Gasteiger partial charge in [0.15, 0.2) is 5.78 Å². The molecular formula is C18H28NO4+. The average molecular weight is 322 g/mol. The molecule has 0 aromatic heterocycles. The third kappa shape index (κ3) is 6.29. The van der Waals surface area contributed by atoms with E-state index in [1.807, 2.05) is 12.1 Å². The van der Waals surface area contributed by atoms with Crippen LogP contribution in [0, 0.1) is 0 Å². The van der Waals surface area contributed by atoms with E-state index in [4.69, 9.17) is 14.2 Å². The molecule has 0 radical (unpaired) electrons. The second-order valence-electron chi connectivity index (χ2n) is 6.21. The van der Waals surface area contributed by atoms with Crippen molar-refractivity contribution in [1.29, 1.82) is 0 Å². The largest absolute Gasteiger partial charge is 0.491 e. The molecule has 2 rings (SSSR count). The van der Waals surface area contributed by atoms with E-state index >= 15 is 0 Å². The Morgan fingerprint density at radius 3 is 2.65 bits per heavy atom. The van der Waals surface area contributed by atoms with Gasteiger partial charge in [0.25, 0.3) is 0 Å². The molecule has 128 valence electrons. The van der Waals surface area contributed by atoms with Gasteiger partial charge < -0.3 is 19.1 Å². The van der Waals surface area contributed by atoms with Gasteiger partial charge in [-0.05, 0) is 32.9 Å². The van der Waals surface area contributed by atoms with Gasteiger partial charge in [-0.3, -0.25) is 4.79 Å². The molecule has 5 heteroatoms. The van der Waals surface area contributed by atoms with Crippen LogP contribution in [0.1, 0.15) is 31.1 Å². The number of rotatable bonds is 8. The van der Waals surface area contributed by atoms with E-state index in [1.54, 1.807) is 19.1 Å². The fourth-order valence-electron chi connectivity index (χ4n) is 2.94. The van der Waals surface area contributed by atoms with E-state index in [-0.39, 0.29) is 5.78 Å². The summed E-state index contributed by atoms with van der Waals surface area (Å²) in [5.74, 6) is 0.756. The van der Waals surface area contributed by atoms with E-state index in [2.05, 4.69) is 13.8 Å². The predicted molar refractivity (Wildman–Crippen MR) is 88.3 cm³/mol. The number of carbonyl (C=O) groups excluding carboxylic acids is 1. The minimum atomic E-state index is 0.0450. The Bertz CT molecular complexity index is 496. The molecule has 23 heavy (non-hydrogen) atoms. The Morgan fingerprint density at radius 2 is 1.96 bits per heavy atom. The second-order valence-corrected chi connectivity index (χ2v) is 6.21. The van der Waals surface area contributed by atoms with Crippen molar-refractivity contribution >= 4 is 5.78 Å². The van der Waals surface area contributed by atoms with Crippen LogP contribution in [0.3, 0.4) is 0 Å². The molecule has 3 atom stereocenters. The molecule has 1 aromatic rings. The maximum absolute atomic E-state index is 11.3. The van der Waals surface area contributed by atoms with Crippen LogP contribution >= 0.6 is 0 Å². The number of ether oxygens (including phenoxy) is 3. The van der Waals surface area contributed by atoms with Crippen LogP contribution in [-0.2, 0) is 9.47 Å². The lowest BCUT2D eigenvalue weighted by atomic mass is 10.1. The summed E-state index contributed by atoms with van der Waals surface area (Å²) in [5.41, 5.74) is 0.669. The number of quaternary nitrogens is 1. The first-order valence-electron chi connectivity index (χ1n) is 8.35. The van der Waals surface area contributed by atoms with Gasteiger partial charge in [0.05, 0.1) is 13.2 Å². The summed E-state index contributed by atoms with van der Waals surface area (Å²) in [6.07, 6.45) is 0.649. The van der Waals surface area contributed by atoms with Gasteiger partial charge in [0, 0.05) is 5.56 Å². The van der Waals surface area contributed by atoms with Crippen molar-refractivity contribution in [3.05, 3.63) is 29.8 Å². The maximum Gasteiger partial charge on any atom is 0.159 e. The summed E-state index contributed by atoms with van der Waals surface area (Å²) in [6, 6.07) is 7.24. The van der Waals surface area contributed by atoms with Crippen molar-refractivity contribution in [1.82, 2.24) is 0 Å². The lowest BCUT2D eigenvalue weighted by Gasteiger charge is -2.32. The first kappa shape index (κ1) is 17.9. The zero-order valence-corrected chi connectivity index (χ0v) is 14.3. The Kier molecular flexibility index (Phi) is 7.02. The average Bonchev–Trinajstić information content (AvgIpc) is 2.50. The van der Waals surface area contributed by atoms with Crippen molar-refractivity contribution in [3.63, 3.8) is 0 Å². The molecular weight excluding hydrogens is 294 g/mol. The van der Waals surface area contributed by atoms with Crippen LogP contribution in [0.15, 0.2) is 24.3 Å². The summed E-state index contributed by atoms with van der Waals surface area (Å²) in [7, 11) is 0. The number of Topliss-reactive ketones (excluding diaryl/α,β-unsaturated/α-hetero) is 1. The van der Waals surface area contributed by atoms with Crippen LogP contribution in [0.5, 0.6) is 5.75 Å². The highest BCUT2D eigenvalue weighted by atomic mass is 16.5. The SMILES string of the molecule is CC(=O)c1cccc(OCCOCC[NH+]2C[C@@H](C)O[C@@H](C)C2)c1. The summed E-state index contributed by atoms with van der Waals surface area (Å²) in [6.45, 7) is 10.7. The lowest BCUT2D eigenvalue weighted by Crippen LogP contribution is -3.15. The summed E-state index contributed by atoms with van der Waals surface area (Å²) in [4.78, 5) is 12.9. The Morgan fingerprint density at radius 1 is 1.22 bits per heavy atom. The second kappa shape index (κ2) is 9.01. The molecule has 0 saturated carbocycles. The zero-order valence-electron chi connectivity index (χ0n) is 14.3. The van der Waals surface area contributed by atoms with Crippen LogP contribution in [0.4, 0.5) is 0 Å². The monoisotopic (exact) mass is 322 g/mol. The molecule has 1 N–H and O–H groups in total. The van der Waals surface area contributed by atoms with Crippen LogP contribution in [0.2, 0.25) is 0 Å². The van der Waals surface area contributed by atoms with Gasteiger partial charge in [0.2, 0.25) is 0 Å². The minimum Gasteiger partial charge on any atom is -0.491 e. The number of nitrogens with one attached hydrogen (secondary N) is 1. The molecule has 0 aliphatic carbocycles. The van der Waals surface area contributed by atoms with Gasteiger partial charge >= 0.3 is 0 Å². The third-order valence-electron chi connectivity index (χ3n) is 3.95. The smallest absolute Gasteiger partial charge is 0.159 e. The highest BCUT2D eigenvalue weighted by Gasteiger charge is 2.24. The Hall–Kier alpha value is -1.43. The topological polar surface area (TPSA) is 49.2 Å². The molecule has 1 saturated heterocycles. The van der Waals surface area contributed by atoms with E-state index in [9.17, 15) is 4.79 Å². The summed E-state index contributed by atoms with van der Waals surface area (Å²) >= 11 is 0. The number of ketones is 1. The molecule has 1 fully saturated rings. The summed E-state index contributed by atoms with van der Waals surface area (Å²) in [5, 5.41) is 0. The van der Waals surface area contributed by atoms with Crippen LogP contribution in [0.25, 0.3) is 0 Å². The predicted octanol–water partition coefficient (Wildman–Crippen LogP) is 0.977. The number of hydrogen-bond acceptors (Lipinski definition) is 4. The number of benzene rings is 1. The van der Waals surface area contributed by atoms with E-state index < -0.39 is 0 Å². The molecule has 1 heterocycles. The van der Waals surface area contributed by atoms with Crippen molar-refractivity contribution in [3.8, 4) is 5.75 Å². The molecule has 1 aliphatic heterocycles. The standard InChI is InChI=1S/C18H27NO4/c1-14-12-19(13-15(2)23-14)7-8-21-9-10-22-18-6-4-5-17(11-18)16(3)20/h4-6,11,14-15H,7-10,12-13H2,1-3H3/p+1/t14-,15+. The molecule has 0 bridgehead atoms. The quantitative estimate of drug-likeness (QED) is 0.572. The van der Waals surface area contributed by atoms with E-state index in [1.165, 1.54) is 4.90 Å².